The van der Waals surface area contributed by atoms with Crippen LogP contribution in [-0.2, 0) is 4.74 Å². The fourth-order valence-corrected chi connectivity index (χ4v) is 3.13. The van der Waals surface area contributed by atoms with E-state index >= 15 is 0 Å². The number of fused-ring (bicyclic) bond motifs is 1. The Labute approximate surface area is 133 Å². The van der Waals surface area contributed by atoms with Crippen LogP contribution in [0.5, 0.6) is 11.5 Å². The largest absolute Gasteiger partial charge is 0.486 e. The molecule has 0 aliphatic carbocycles. The molecule has 0 aromatic heterocycles. The molecule has 0 radical (unpaired) electrons. The number of benzene rings is 1. The number of halogens is 1. The molecule has 1 fully saturated rings. The van der Waals surface area contributed by atoms with Gasteiger partial charge >= 0.3 is 0 Å². The summed E-state index contributed by atoms with van der Waals surface area (Å²) in [7, 11) is 0. The van der Waals surface area contributed by atoms with Gasteiger partial charge in [0, 0.05) is 35.2 Å². The van der Waals surface area contributed by atoms with Gasteiger partial charge in [0.2, 0.25) is 0 Å². The lowest BCUT2D eigenvalue weighted by molar-refractivity contribution is 0.0731. The molecular weight excluding hydrogens is 336 g/mol. The second-order valence-corrected chi connectivity index (χ2v) is 6.34. The minimum Gasteiger partial charge on any atom is -0.486 e. The maximum Gasteiger partial charge on any atom is 0.163 e. The van der Waals surface area contributed by atoms with Crippen molar-refractivity contribution < 1.29 is 14.2 Å². The van der Waals surface area contributed by atoms with Crippen molar-refractivity contribution in [2.75, 3.05) is 38.3 Å². The Morgan fingerprint density at radius 3 is 2.76 bits per heavy atom. The molecule has 0 spiro atoms. The summed E-state index contributed by atoms with van der Waals surface area (Å²) < 4.78 is 17.7. The van der Waals surface area contributed by atoms with Crippen molar-refractivity contribution in [1.82, 2.24) is 5.32 Å². The van der Waals surface area contributed by atoms with Crippen molar-refractivity contribution in [3.8, 4) is 11.5 Å². The van der Waals surface area contributed by atoms with E-state index in [0.29, 0.717) is 25.3 Å². The number of ether oxygens (including phenoxy) is 3. The van der Waals surface area contributed by atoms with Gasteiger partial charge in [0.15, 0.2) is 11.5 Å². The van der Waals surface area contributed by atoms with Crippen LogP contribution in [-0.4, -0.2) is 45.1 Å². The Hall–Kier alpha value is -0.980. The Morgan fingerprint density at radius 2 is 2.05 bits per heavy atom. The molecule has 116 valence electrons. The normalized spacial score (nSPS) is 22.7. The van der Waals surface area contributed by atoms with Crippen molar-refractivity contribution in [1.29, 1.82) is 0 Å². The number of hydrogen-bond acceptors (Lipinski definition) is 5. The smallest absolute Gasteiger partial charge is 0.163 e. The first-order chi connectivity index (χ1) is 10.2. The van der Waals surface area contributed by atoms with Crippen LogP contribution < -0.4 is 20.1 Å². The third-order valence-corrected chi connectivity index (χ3v) is 4.33. The molecule has 1 saturated heterocycles. The summed E-state index contributed by atoms with van der Waals surface area (Å²) in [5.41, 5.74) is 1.03. The highest BCUT2D eigenvalue weighted by Gasteiger charge is 2.19. The van der Waals surface area contributed by atoms with E-state index in [4.69, 9.17) is 14.2 Å². The molecule has 6 heteroatoms. The van der Waals surface area contributed by atoms with Gasteiger partial charge in [-0.2, -0.15) is 0 Å². The van der Waals surface area contributed by atoms with Crippen molar-refractivity contribution in [3.63, 3.8) is 0 Å². The third-order valence-electron chi connectivity index (χ3n) is 3.67. The van der Waals surface area contributed by atoms with Gasteiger partial charge in [-0.25, -0.2) is 0 Å². The van der Waals surface area contributed by atoms with Crippen LogP contribution in [0.2, 0.25) is 0 Å². The van der Waals surface area contributed by atoms with Crippen LogP contribution >= 0.6 is 15.9 Å². The minimum absolute atomic E-state index is 0.336. The number of morpholine rings is 1. The Balaban J connectivity index is 1.63. The van der Waals surface area contributed by atoms with Crippen LogP contribution in [0.1, 0.15) is 13.3 Å². The van der Waals surface area contributed by atoms with Crippen molar-refractivity contribution in [3.05, 3.63) is 16.6 Å². The van der Waals surface area contributed by atoms with E-state index in [0.717, 1.165) is 47.8 Å². The number of hydrogen-bond donors (Lipinski definition) is 2. The average Bonchev–Trinajstić information content (AvgIpc) is 2.49. The van der Waals surface area contributed by atoms with Crippen molar-refractivity contribution in [2.24, 2.45) is 0 Å². The SMILES string of the molecule is CC(CC1COCCN1)Nc1cc2c(cc1Br)OCCO2. The molecule has 1 aromatic rings. The zero-order valence-electron chi connectivity index (χ0n) is 12.2. The zero-order valence-corrected chi connectivity index (χ0v) is 13.7. The highest BCUT2D eigenvalue weighted by atomic mass is 79.9. The van der Waals surface area contributed by atoms with E-state index in [-0.39, 0.29) is 0 Å². The molecule has 2 aliphatic heterocycles. The first-order valence-electron chi connectivity index (χ1n) is 7.39. The van der Waals surface area contributed by atoms with Crippen molar-refractivity contribution >= 4 is 21.6 Å². The highest BCUT2D eigenvalue weighted by molar-refractivity contribution is 9.10. The Morgan fingerprint density at radius 1 is 1.29 bits per heavy atom. The first-order valence-corrected chi connectivity index (χ1v) is 8.18. The topological polar surface area (TPSA) is 51.8 Å². The molecule has 21 heavy (non-hydrogen) atoms. The van der Waals surface area contributed by atoms with Gasteiger partial charge in [-0.3, -0.25) is 0 Å². The molecule has 2 unspecified atom stereocenters. The van der Waals surface area contributed by atoms with E-state index in [2.05, 4.69) is 33.5 Å². The molecule has 0 saturated carbocycles. The molecule has 2 aliphatic rings. The van der Waals surface area contributed by atoms with E-state index in [1.807, 2.05) is 12.1 Å². The van der Waals surface area contributed by atoms with E-state index < -0.39 is 0 Å². The van der Waals surface area contributed by atoms with Gasteiger partial charge in [0.05, 0.1) is 18.9 Å². The van der Waals surface area contributed by atoms with Gasteiger partial charge in [0.25, 0.3) is 0 Å². The Bertz CT molecular complexity index is 492. The molecule has 2 heterocycles. The van der Waals surface area contributed by atoms with E-state index in [1.165, 1.54) is 0 Å². The average molecular weight is 357 g/mol. The van der Waals surface area contributed by atoms with Gasteiger partial charge in [-0.1, -0.05) is 0 Å². The fraction of sp³-hybridized carbons (Fsp3) is 0.600. The molecule has 2 N–H and O–H groups in total. The first kappa shape index (κ1) is 14.9. The molecular formula is C15H21BrN2O3. The molecule has 5 nitrogen and oxygen atoms in total. The van der Waals surface area contributed by atoms with Crippen LogP contribution in [0.25, 0.3) is 0 Å². The maximum absolute atomic E-state index is 5.63. The van der Waals surface area contributed by atoms with Gasteiger partial charge < -0.3 is 24.8 Å². The molecule has 3 rings (SSSR count). The lowest BCUT2D eigenvalue weighted by Crippen LogP contribution is -2.43. The monoisotopic (exact) mass is 356 g/mol. The van der Waals surface area contributed by atoms with Crippen LogP contribution in [0, 0.1) is 0 Å². The van der Waals surface area contributed by atoms with Gasteiger partial charge in [-0.15, -0.1) is 0 Å². The minimum atomic E-state index is 0.336. The standard InChI is InChI=1S/C15H21BrN2O3/c1-10(6-11-9-19-3-2-17-11)18-13-8-15-14(7-12(13)16)20-4-5-21-15/h7-8,10-11,17-18H,2-6,9H2,1H3. The third kappa shape index (κ3) is 3.81. The highest BCUT2D eigenvalue weighted by Crippen LogP contribution is 2.38. The van der Waals surface area contributed by atoms with Crippen LogP contribution in [0.4, 0.5) is 5.69 Å². The summed E-state index contributed by atoms with van der Waals surface area (Å²) in [6.07, 6.45) is 1.01. The second kappa shape index (κ2) is 6.85. The fourth-order valence-electron chi connectivity index (χ4n) is 2.70. The maximum atomic E-state index is 5.63. The molecule has 2 atom stereocenters. The number of anilines is 1. The van der Waals surface area contributed by atoms with Crippen molar-refractivity contribution in [2.45, 2.75) is 25.4 Å². The molecule has 0 bridgehead atoms. The second-order valence-electron chi connectivity index (χ2n) is 5.48. The summed E-state index contributed by atoms with van der Waals surface area (Å²) in [6.45, 7) is 5.92. The van der Waals surface area contributed by atoms with Gasteiger partial charge in [-0.05, 0) is 29.3 Å². The van der Waals surface area contributed by atoms with E-state index in [1.54, 1.807) is 0 Å². The van der Waals surface area contributed by atoms with Crippen LogP contribution in [0.15, 0.2) is 16.6 Å². The summed E-state index contributed by atoms with van der Waals surface area (Å²) in [5.74, 6) is 1.60. The zero-order chi connectivity index (χ0) is 14.7. The predicted molar refractivity (Wildman–Crippen MR) is 85.4 cm³/mol. The van der Waals surface area contributed by atoms with Gasteiger partial charge in [0.1, 0.15) is 13.2 Å². The summed E-state index contributed by atoms with van der Waals surface area (Å²) >= 11 is 3.59. The van der Waals surface area contributed by atoms with E-state index in [9.17, 15) is 0 Å². The molecule has 1 aromatic carbocycles. The predicted octanol–water partition coefficient (Wildman–Crippen LogP) is 2.40. The number of rotatable bonds is 4. The van der Waals surface area contributed by atoms with Crippen LogP contribution in [0.3, 0.4) is 0 Å². The lowest BCUT2D eigenvalue weighted by Gasteiger charge is -2.28. The summed E-state index contributed by atoms with van der Waals surface area (Å²) in [4.78, 5) is 0. The Kier molecular flexibility index (Phi) is 4.87. The quantitative estimate of drug-likeness (QED) is 0.867. The summed E-state index contributed by atoms with van der Waals surface area (Å²) in [6, 6.07) is 4.71. The lowest BCUT2D eigenvalue weighted by atomic mass is 10.1. The number of nitrogens with one attached hydrogen (secondary N) is 2. The summed E-state index contributed by atoms with van der Waals surface area (Å²) in [5, 5.41) is 7.01. The molecule has 0 amide bonds.